The highest BCUT2D eigenvalue weighted by molar-refractivity contribution is 6.33. The van der Waals surface area contributed by atoms with Gasteiger partial charge < -0.3 is 5.32 Å². The third-order valence-corrected chi connectivity index (χ3v) is 4.05. The Bertz CT molecular complexity index is 375. The highest BCUT2D eigenvalue weighted by atomic mass is 35.5. The number of halogens is 1. The fraction of sp³-hybridized carbons (Fsp3) is 0.600. The number of anilines is 1. The van der Waals surface area contributed by atoms with E-state index in [1.54, 1.807) is 0 Å². The summed E-state index contributed by atoms with van der Waals surface area (Å²) in [6.07, 6.45) is 6.59. The number of benzene rings is 1. The van der Waals surface area contributed by atoms with E-state index in [-0.39, 0.29) is 0 Å². The summed E-state index contributed by atoms with van der Waals surface area (Å²) in [5.74, 6) is 0.885. The molecule has 0 spiro atoms. The first-order valence-corrected chi connectivity index (χ1v) is 7.05. The SMILES string of the molecule is Cc1ccc(NC2CCCC(C)CC2)c(Cl)c1. The molecular weight excluding hydrogens is 230 g/mol. The molecule has 1 aromatic carbocycles. The second kappa shape index (κ2) is 5.77. The standard InChI is InChI=1S/C15H22ClN/c1-11-4-3-5-13(8-6-11)17-15-9-7-12(2)10-14(15)16/h7,9-11,13,17H,3-6,8H2,1-2H3. The fourth-order valence-electron chi connectivity index (χ4n) is 2.59. The molecule has 17 heavy (non-hydrogen) atoms. The van der Waals surface area contributed by atoms with Crippen molar-refractivity contribution in [2.24, 2.45) is 5.92 Å². The number of rotatable bonds is 2. The molecule has 1 aliphatic rings. The van der Waals surface area contributed by atoms with Gasteiger partial charge in [-0.25, -0.2) is 0 Å². The first-order valence-electron chi connectivity index (χ1n) is 6.68. The summed E-state index contributed by atoms with van der Waals surface area (Å²) in [6, 6.07) is 6.85. The number of nitrogens with one attached hydrogen (secondary N) is 1. The number of hydrogen-bond acceptors (Lipinski definition) is 1. The van der Waals surface area contributed by atoms with E-state index in [9.17, 15) is 0 Å². The minimum Gasteiger partial charge on any atom is -0.381 e. The van der Waals surface area contributed by atoms with Crippen molar-refractivity contribution >= 4 is 17.3 Å². The predicted octanol–water partition coefficient (Wildman–Crippen LogP) is 5.03. The molecule has 0 heterocycles. The Hall–Kier alpha value is -0.690. The molecule has 0 saturated heterocycles. The third-order valence-electron chi connectivity index (χ3n) is 3.74. The normalized spacial score (nSPS) is 25.4. The van der Waals surface area contributed by atoms with Gasteiger partial charge in [-0.1, -0.05) is 37.4 Å². The van der Waals surface area contributed by atoms with Crippen LogP contribution in [-0.4, -0.2) is 6.04 Å². The van der Waals surface area contributed by atoms with E-state index >= 15 is 0 Å². The van der Waals surface area contributed by atoms with Crippen LogP contribution < -0.4 is 5.32 Å². The van der Waals surface area contributed by atoms with Crippen molar-refractivity contribution in [3.8, 4) is 0 Å². The van der Waals surface area contributed by atoms with E-state index in [1.165, 1.54) is 37.7 Å². The number of aryl methyl sites for hydroxylation is 1. The van der Waals surface area contributed by atoms with Gasteiger partial charge in [0.05, 0.1) is 10.7 Å². The molecule has 2 heteroatoms. The fourth-order valence-corrected chi connectivity index (χ4v) is 2.88. The summed E-state index contributed by atoms with van der Waals surface area (Å²) < 4.78 is 0. The Balaban J connectivity index is 2.00. The lowest BCUT2D eigenvalue weighted by atomic mass is 10.0. The Labute approximate surface area is 110 Å². The molecule has 94 valence electrons. The molecule has 1 nitrogen and oxygen atoms in total. The summed E-state index contributed by atoms with van der Waals surface area (Å²) in [4.78, 5) is 0. The summed E-state index contributed by atoms with van der Waals surface area (Å²) >= 11 is 6.26. The average molecular weight is 252 g/mol. The molecule has 0 aromatic heterocycles. The molecule has 0 bridgehead atoms. The molecule has 0 amide bonds. The van der Waals surface area contributed by atoms with Crippen LogP contribution in [-0.2, 0) is 0 Å². The molecule has 0 aliphatic heterocycles. The highest BCUT2D eigenvalue weighted by Gasteiger charge is 2.16. The van der Waals surface area contributed by atoms with Gasteiger partial charge in [-0.2, -0.15) is 0 Å². The van der Waals surface area contributed by atoms with Crippen molar-refractivity contribution < 1.29 is 0 Å². The zero-order chi connectivity index (χ0) is 12.3. The van der Waals surface area contributed by atoms with Crippen LogP contribution in [0, 0.1) is 12.8 Å². The van der Waals surface area contributed by atoms with Crippen molar-refractivity contribution in [2.75, 3.05) is 5.32 Å². The van der Waals surface area contributed by atoms with Gasteiger partial charge >= 0.3 is 0 Å². The molecule has 2 rings (SSSR count). The van der Waals surface area contributed by atoms with Crippen LogP contribution in [0.25, 0.3) is 0 Å². The van der Waals surface area contributed by atoms with Gasteiger partial charge in [0.1, 0.15) is 0 Å². The van der Waals surface area contributed by atoms with Crippen LogP contribution in [0.4, 0.5) is 5.69 Å². The molecular formula is C15H22ClN. The van der Waals surface area contributed by atoms with Crippen LogP contribution in [0.3, 0.4) is 0 Å². The van der Waals surface area contributed by atoms with Crippen molar-refractivity contribution in [2.45, 2.75) is 52.0 Å². The summed E-state index contributed by atoms with van der Waals surface area (Å²) in [5.41, 5.74) is 2.31. The molecule has 0 radical (unpaired) electrons. The van der Waals surface area contributed by atoms with Crippen LogP contribution in [0.2, 0.25) is 5.02 Å². The maximum absolute atomic E-state index is 6.26. The van der Waals surface area contributed by atoms with Crippen LogP contribution in [0.1, 0.15) is 44.6 Å². The Morgan fingerprint density at radius 2 is 2.00 bits per heavy atom. The maximum atomic E-state index is 6.26. The van der Waals surface area contributed by atoms with Crippen molar-refractivity contribution in [1.29, 1.82) is 0 Å². The van der Waals surface area contributed by atoms with Crippen LogP contribution in [0.15, 0.2) is 18.2 Å². The summed E-state index contributed by atoms with van der Waals surface area (Å²) in [5, 5.41) is 4.45. The van der Waals surface area contributed by atoms with Crippen molar-refractivity contribution in [3.05, 3.63) is 28.8 Å². The second-order valence-corrected chi connectivity index (χ2v) is 5.85. The second-order valence-electron chi connectivity index (χ2n) is 5.44. The molecule has 1 fully saturated rings. The van der Waals surface area contributed by atoms with Crippen molar-refractivity contribution in [3.63, 3.8) is 0 Å². The number of hydrogen-bond donors (Lipinski definition) is 1. The average Bonchev–Trinajstić information content (AvgIpc) is 2.48. The van der Waals surface area contributed by atoms with E-state index in [2.05, 4.69) is 31.3 Å². The minimum atomic E-state index is 0.597. The smallest absolute Gasteiger partial charge is 0.0640 e. The van der Waals surface area contributed by atoms with Crippen LogP contribution >= 0.6 is 11.6 Å². The van der Waals surface area contributed by atoms with Crippen LogP contribution in [0.5, 0.6) is 0 Å². The highest BCUT2D eigenvalue weighted by Crippen LogP contribution is 2.28. The zero-order valence-corrected chi connectivity index (χ0v) is 11.6. The van der Waals surface area contributed by atoms with Gasteiger partial charge in [0.25, 0.3) is 0 Å². The van der Waals surface area contributed by atoms with Gasteiger partial charge in [-0.3, -0.25) is 0 Å². The van der Waals surface area contributed by atoms with Crippen molar-refractivity contribution in [1.82, 2.24) is 0 Å². The monoisotopic (exact) mass is 251 g/mol. The molecule has 2 unspecified atom stereocenters. The first-order chi connectivity index (χ1) is 8.15. The van der Waals surface area contributed by atoms with Gasteiger partial charge in [0, 0.05) is 6.04 Å². The zero-order valence-electron chi connectivity index (χ0n) is 10.8. The largest absolute Gasteiger partial charge is 0.381 e. The Kier molecular flexibility index (Phi) is 4.33. The first kappa shape index (κ1) is 12.8. The summed E-state index contributed by atoms with van der Waals surface area (Å²) in [7, 11) is 0. The van der Waals surface area contributed by atoms with E-state index in [4.69, 9.17) is 11.6 Å². The maximum Gasteiger partial charge on any atom is 0.0640 e. The van der Waals surface area contributed by atoms with E-state index in [1.807, 2.05) is 6.07 Å². The molecule has 1 saturated carbocycles. The Morgan fingerprint density at radius 3 is 2.76 bits per heavy atom. The molecule has 1 aromatic rings. The Morgan fingerprint density at radius 1 is 1.18 bits per heavy atom. The van der Waals surface area contributed by atoms with E-state index in [0.717, 1.165) is 16.6 Å². The topological polar surface area (TPSA) is 12.0 Å². The van der Waals surface area contributed by atoms with Gasteiger partial charge in [-0.15, -0.1) is 0 Å². The molecule has 1 aliphatic carbocycles. The third kappa shape index (κ3) is 3.64. The van der Waals surface area contributed by atoms with Gasteiger partial charge in [-0.05, 0) is 49.8 Å². The predicted molar refractivity (Wildman–Crippen MR) is 75.8 cm³/mol. The molecule has 1 N–H and O–H groups in total. The van der Waals surface area contributed by atoms with E-state index in [0.29, 0.717) is 6.04 Å². The quantitative estimate of drug-likeness (QED) is 0.727. The summed E-state index contributed by atoms with van der Waals surface area (Å²) in [6.45, 7) is 4.43. The lowest BCUT2D eigenvalue weighted by molar-refractivity contribution is 0.502. The van der Waals surface area contributed by atoms with Gasteiger partial charge in [0.15, 0.2) is 0 Å². The molecule has 2 atom stereocenters. The van der Waals surface area contributed by atoms with E-state index < -0.39 is 0 Å². The lowest BCUT2D eigenvalue weighted by Gasteiger charge is -2.19. The lowest BCUT2D eigenvalue weighted by Crippen LogP contribution is -2.18. The minimum absolute atomic E-state index is 0.597. The van der Waals surface area contributed by atoms with Gasteiger partial charge in [0.2, 0.25) is 0 Å².